The monoisotopic (exact) mass is 715 g/mol. The Morgan fingerprint density at radius 2 is 1.52 bits per heavy atom. The zero-order chi connectivity index (χ0) is 31.7. The van der Waals surface area contributed by atoms with Crippen molar-refractivity contribution in [3.05, 3.63) is 129 Å². The number of benzene rings is 4. The second-order valence-corrected chi connectivity index (χ2v) is 13.7. The average Bonchev–Trinajstić information content (AvgIpc) is 3.02. The first-order chi connectivity index (χ1) is 21.1. The molecule has 0 radical (unpaired) electrons. The van der Waals surface area contributed by atoms with E-state index in [4.69, 9.17) is 23.2 Å². The lowest BCUT2D eigenvalue weighted by Crippen LogP contribution is -2.53. The van der Waals surface area contributed by atoms with Crippen LogP contribution in [-0.2, 0) is 32.6 Å². The first kappa shape index (κ1) is 33.5. The van der Waals surface area contributed by atoms with Crippen LogP contribution in [0.2, 0.25) is 10.0 Å². The molecule has 0 fully saturated rings. The second-order valence-electron chi connectivity index (χ2n) is 10.1. The Kier molecular flexibility index (Phi) is 11.9. The van der Waals surface area contributed by atoms with Crippen LogP contribution in [-0.4, -0.2) is 44.3 Å². The summed E-state index contributed by atoms with van der Waals surface area (Å²) in [5.41, 5.74) is 1.66. The van der Waals surface area contributed by atoms with Crippen LogP contribution in [0.25, 0.3) is 0 Å². The average molecular weight is 718 g/mol. The van der Waals surface area contributed by atoms with Gasteiger partial charge in [-0.1, -0.05) is 107 Å². The molecule has 0 aliphatic rings. The molecule has 4 aromatic carbocycles. The Morgan fingerprint density at radius 1 is 0.864 bits per heavy atom. The van der Waals surface area contributed by atoms with Crippen LogP contribution >= 0.6 is 39.1 Å². The molecule has 230 valence electrons. The van der Waals surface area contributed by atoms with Gasteiger partial charge in [-0.05, 0) is 60.0 Å². The number of carbonyl (C=O) groups is 2. The summed E-state index contributed by atoms with van der Waals surface area (Å²) in [7, 11) is -4.29. The summed E-state index contributed by atoms with van der Waals surface area (Å²) < 4.78 is 29.9. The van der Waals surface area contributed by atoms with Crippen LogP contribution in [0.4, 0.5) is 5.69 Å². The maximum absolute atomic E-state index is 14.5. The third-order valence-corrected chi connectivity index (χ3v) is 9.67. The van der Waals surface area contributed by atoms with E-state index >= 15 is 0 Å². The SMILES string of the molecule is CCCNC(=O)[C@H](Cc1ccccc1)N(Cc1cccc(Br)c1)C(=O)CN(c1cc(Cl)ccc1Cl)S(=O)(=O)c1ccccc1. The summed E-state index contributed by atoms with van der Waals surface area (Å²) in [6.07, 6.45) is 0.930. The molecule has 0 heterocycles. The molecule has 1 N–H and O–H groups in total. The molecule has 44 heavy (non-hydrogen) atoms. The maximum atomic E-state index is 14.5. The highest BCUT2D eigenvalue weighted by molar-refractivity contribution is 9.10. The third-order valence-electron chi connectivity index (χ3n) is 6.85. The summed E-state index contributed by atoms with van der Waals surface area (Å²) in [5, 5.41) is 3.28. The Bertz CT molecular complexity index is 1690. The number of halogens is 3. The minimum absolute atomic E-state index is 0.0242. The van der Waals surface area contributed by atoms with Gasteiger partial charge in [0, 0.05) is 29.0 Å². The van der Waals surface area contributed by atoms with Crippen LogP contribution < -0.4 is 9.62 Å². The topological polar surface area (TPSA) is 86.8 Å². The van der Waals surface area contributed by atoms with Crippen LogP contribution in [0.15, 0.2) is 112 Å². The van der Waals surface area contributed by atoms with Crippen molar-refractivity contribution in [1.29, 1.82) is 0 Å². The maximum Gasteiger partial charge on any atom is 0.264 e. The van der Waals surface area contributed by atoms with Gasteiger partial charge >= 0.3 is 0 Å². The highest BCUT2D eigenvalue weighted by Crippen LogP contribution is 2.33. The smallest absolute Gasteiger partial charge is 0.264 e. The van der Waals surface area contributed by atoms with Gasteiger partial charge in [0.2, 0.25) is 11.8 Å². The molecule has 0 saturated carbocycles. The number of carbonyl (C=O) groups excluding carboxylic acids is 2. The van der Waals surface area contributed by atoms with Gasteiger partial charge in [0.05, 0.1) is 15.6 Å². The van der Waals surface area contributed by atoms with Gasteiger partial charge in [-0.2, -0.15) is 0 Å². The van der Waals surface area contributed by atoms with Gasteiger partial charge in [-0.15, -0.1) is 0 Å². The van der Waals surface area contributed by atoms with E-state index in [9.17, 15) is 18.0 Å². The van der Waals surface area contributed by atoms with Crippen molar-refractivity contribution in [2.45, 2.75) is 37.2 Å². The summed E-state index contributed by atoms with van der Waals surface area (Å²) in [5.74, 6) is -0.926. The molecule has 0 aliphatic heterocycles. The van der Waals surface area contributed by atoms with Gasteiger partial charge in [-0.25, -0.2) is 8.42 Å². The summed E-state index contributed by atoms with van der Waals surface area (Å²) >= 11 is 16.3. The van der Waals surface area contributed by atoms with Gasteiger partial charge in [0.1, 0.15) is 12.6 Å². The van der Waals surface area contributed by atoms with Gasteiger partial charge in [0.25, 0.3) is 10.0 Å². The van der Waals surface area contributed by atoms with Crippen molar-refractivity contribution in [2.75, 3.05) is 17.4 Å². The van der Waals surface area contributed by atoms with Crippen molar-refractivity contribution in [1.82, 2.24) is 10.2 Å². The molecule has 0 aromatic heterocycles. The van der Waals surface area contributed by atoms with E-state index in [0.717, 1.165) is 19.9 Å². The fourth-order valence-electron chi connectivity index (χ4n) is 4.66. The quantitative estimate of drug-likeness (QED) is 0.160. The molecule has 0 unspecified atom stereocenters. The van der Waals surface area contributed by atoms with Crippen molar-refractivity contribution >= 4 is 66.7 Å². The molecule has 2 amide bonds. The first-order valence-electron chi connectivity index (χ1n) is 14.0. The normalized spacial score (nSPS) is 11.9. The Labute approximate surface area is 277 Å². The van der Waals surface area contributed by atoms with Crippen LogP contribution in [0, 0.1) is 0 Å². The third kappa shape index (κ3) is 8.63. The molecule has 11 heteroatoms. The molecular formula is C33H32BrCl2N3O4S. The van der Waals surface area contributed by atoms with E-state index in [1.807, 2.05) is 61.5 Å². The minimum Gasteiger partial charge on any atom is -0.354 e. The summed E-state index contributed by atoms with van der Waals surface area (Å²) in [6.45, 7) is 1.79. The number of nitrogens with zero attached hydrogens (tertiary/aromatic N) is 2. The van der Waals surface area contributed by atoms with E-state index in [1.54, 1.807) is 18.2 Å². The predicted molar refractivity (Wildman–Crippen MR) is 179 cm³/mol. The molecule has 4 aromatic rings. The van der Waals surface area contributed by atoms with E-state index in [0.29, 0.717) is 13.0 Å². The van der Waals surface area contributed by atoms with Crippen molar-refractivity contribution in [2.24, 2.45) is 0 Å². The summed E-state index contributed by atoms with van der Waals surface area (Å²) in [6, 6.07) is 28.1. The molecule has 7 nitrogen and oxygen atoms in total. The highest BCUT2D eigenvalue weighted by Gasteiger charge is 2.35. The zero-order valence-corrected chi connectivity index (χ0v) is 27.9. The van der Waals surface area contributed by atoms with E-state index in [1.165, 1.54) is 35.2 Å². The Hall–Kier alpha value is -3.37. The van der Waals surface area contributed by atoms with Crippen LogP contribution in [0.3, 0.4) is 0 Å². The first-order valence-corrected chi connectivity index (χ1v) is 17.0. The highest BCUT2D eigenvalue weighted by atomic mass is 79.9. The van der Waals surface area contributed by atoms with Gasteiger partial charge in [0.15, 0.2) is 0 Å². The van der Waals surface area contributed by atoms with Crippen molar-refractivity contribution in [3.63, 3.8) is 0 Å². The standard InChI is InChI=1S/C33H32BrCl2N3O4S/c1-2-18-37-33(41)31(20-24-10-5-3-6-11-24)38(22-25-12-9-13-26(34)19-25)32(40)23-39(30-21-27(35)16-17-29(30)36)44(42,43)28-14-7-4-8-15-28/h3-17,19,21,31H,2,18,20,22-23H2,1H3,(H,37,41)/t31-/m0/s1. The predicted octanol–water partition coefficient (Wildman–Crippen LogP) is 7.12. The zero-order valence-electron chi connectivity index (χ0n) is 24.0. The number of rotatable bonds is 13. The molecule has 1 atom stereocenters. The molecule has 0 aliphatic carbocycles. The van der Waals surface area contributed by atoms with Crippen molar-refractivity contribution in [3.8, 4) is 0 Å². The fraction of sp³-hybridized carbons (Fsp3) is 0.212. The van der Waals surface area contributed by atoms with E-state index in [-0.39, 0.29) is 39.5 Å². The largest absolute Gasteiger partial charge is 0.354 e. The number of amides is 2. The van der Waals surface area contributed by atoms with E-state index in [2.05, 4.69) is 21.2 Å². The minimum atomic E-state index is -4.29. The number of hydrogen-bond acceptors (Lipinski definition) is 4. The molecule has 0 spiro atoms. The van der Waals surface area contributed by atoms with Gasteiger partial charge < -0.3 is 10.2 Å². The number of anilines is 1. The fourth-order valence-corrected chi connectivity index (χ4v) is 6.99. The van der Waals surface area contributed by atoms with Crippen LogP contribution in [0.1, 0.15) is 24.5 Å². The van der Waals surface area contributed by atoms with E-state index < -0.39 is 28.5 Å². The molecular weight excluding hydrogens is 685 g/mol. The number of sulfonamides is 1. The lowest BCUT2D eigenvalue weighted by atomic mass is 10.0. The molecule has 0 bridgehead atoms. The van der Waals surface area contributed by atoms with Crippen molar-refractivity contribution < 1.29 is 18.0 Å². The number of nitrogens with one attached hydrogen (secondary N) is 1. The Balaban J connectivity index is 1.82. The lowest BCUT2D eigenvalue weighted by molar-refractivity contribution is -0.140. The molecule has 0 saturated heterocycles. The Morgan fingerprint density at radius 3 is 2.18 bits per heavy atom. The number of hydrogen-bond donors (Lipinski definition) is 1. The lowest BCUT2D eigenvalue weighted by Gasteiger charge is -2.34. The van der Waals surface area contributed by atoms with Gasteiger partial charge in [-0.3, -0.25) is 13.9 Å². The second kappa shape index (κ2) is 15.6. The van der Waals surface area contributed by atoms with Crippen LogP contribution in [0.5, 0.6) is 0 Å². The molecule has 4 rings (SSSR count). The summed E-state index contributed by atoms with van der Waals surface area (Å²) in [4.78, 5) is 29.6.